The lowest BCUT2D eigenvalue weighted by atomic mass is 9.86. The number of rotatable bonds is 5. The molecular weight excluding hydrogens is 398 g/mol. The van der Waals surface area contributed by atoms with Crippen LogP contribution in [0.2, 0.25) is 0 Å². The van der Waals surface area contributed by atoms with Crippen molar-refractivity contribution in [2.24, 2.45) is 0 Å². The van der Waals surface area contributed by atoms with Crippen LogP contribution >= 0.6 is 0 Å². The third kappa shape index (κ3) is 3.34. The minimum Gasteiger partial charge on any atom is -0.497 e. The number of hydrogen-bond donors (Lipinski definition) is 1. The van der Waals surface area contributed by atoms with Crippen LogP contribution in [0.3, 0.4) is 0 Å². The summed E-state index contributed by atoms with van der Waals surface area (Å²) in [5, 5.41) is 3.30. The highest BCUT2D eigenvalue weighted by molar-refractivity contribution is 5.86. The maximum atomic E-state index is 6.58. The summed E-state index contributed by atoms with van der Waals surface area (Å²) in [6, 6.07) is 28.9. The summed E-state index contributed by atoms with van der Waals surface area (Å²) in [5.41, 5.74) is 7.59. The van der Waals surface area contributed by atoms with E-state index < -0.39 is 0 Å². The fourth-order valence-electron chi connectivity index (χ4n) is 4.42. The van der Waals surface area contributed by atoms with Gasteiger partial charge < -0.3 is 19.5 Å². The summed E-state index contributed by atoms with van der Waals surface area (Å²) in [5.74, 6) is 2.42. The van der Waals surface area contributed by atoms with E-state index in [9.17, 15) is 0 Å². The highest BCUT2D eigenvalue weighted by Gasteiger charge is 2.30. The molecule has 0 amide bonds. The van der Waals surface area contributed by atoms with Gasteiger partial charge in [-0.25, -0.2) is 0 Å². The van der Waals surface area contributed by atoms with E-state index in [2.05, 4.69) is 47.8 Å². The smallest absolute Gasteiger partial charge is 0.150 e. The van der Waals surface area contributed by atoms with Crippen molar-refractivity contribution in [3.63, 3.8) is 0 Å². The first-order chi connectivity index (χ1) is 15.7. The van der Waals surface area contributed by atoms with Gasteiger partial charge in [-0.2, -0.15) is 0 Å². The van der Waals surface area contributed by atoms with Crippen molar-refractivity contribution in [2.45, 2.75) is 6.10 Å². The van der Waals surface area contributed by atoms with Crippen LogP contribution in [0.4, 0.5) is 5.69 Å². The summed E-state index contributed by atoms with van der Waals surface area (Å²) in [6.07, 6.45) is -0.263. The van der Waals surface area contributed by atoms with Gasteiger partial charge in [0.15, 0.2) is 0 Å². The third-order valence-corrected chi connectivity index (χ3v) is 5.96. The Hall–Kier alpha value is -3.92. The Morgan fingerprint density at radius 3 is 2.44 bits per heavy atom. The average Bonchev–Trinajstić information content (AvgIpc) is 2.87. The minimum absolute atomic E-state index is 0.263. The van der Waals surface area contributed by atoms with E-state index in [1.165, 1.54) is 0 Å². The second-order valence-corrected chi connectivity index (χ2v) is 7.71. The van der Waals surface area contributed by atoms with Crippen LogP contribution < -0.4 is 19.5 Å². The third-order valence-electron chi connectivity index (χ3n) is 5.96. The molecule has 0 bridgehead atoms. The lowest BCUT2D eigenvalue weighted by Gasteiger charge is -2.31. The molecule has 0 aromatic heterocycles. The van der Waals surface area contributed by atoms with Crippen LogP contribution in [-0.2, 0) is 0 Å². The molecule has 4 aromatic carbocycles. The fourth-order valence-corrected chi connectivity index (χ4v) is 4.42. The Morgan fingerprint density at radius 1 is 0.781 bits per heavy atom. The number of anilines is 1. The van der Waals surface area contributed by atoms with Crippen molar-refractivity contribution in [1.29, 1.82) is 0 Å². The summed E-state index contributed by atoms with van der Waals surface area (Å²) in [4.78, 5) is 0. The normalized spacial score (nSPS) is 14.0. The highest BCUT2D eigenvalue weighted by atomic mass is 16.5. The van der Waals surface area contributed by atoms with Gasteiger partial charge in [0, 0.05) is 29.4 Å². The molecule has 0 saturated carbocycles. The molecule has 4 aromatic rings. The van der Waals surface area contributed by atoms with Crippen LogP contribution in [0.25, 0.3) is 22.3 Å². The summed E-state index contributed by atoms with van der Waals surface area (Å²) < 4.78 is 17.8. The van der Waals surface area contributed by atoms with Crippen LogP contribution in [0.15, 0.2) is 84.9 Å². The molecule has 1 atom stereocenters. The lowest BCUT2D eigenvalue weighted by molar-refractivity contribution is 0.241. The van der Waals surface area contributed by atoms with E-state index in [-0.39, 0.29) is 6.10 Å². The fraction of sp³-hybridized carbons (Fsp3) is 0.143. The highest BCUT2D eigenvalue weighted by Crippen LogP contribution is 2.50. The zero-order valence-electron chi connectivity index (χ0n) is 18.4. The van der Waals surface area contributed by atoms with Gasteiger partial charge in [-0.15, -0.1) is 0 Å². The minimum atomic E-state index is -0.263. The molecule has 1 heterocycles. The summed E-state index contributed by atoms with van der Waals surface area (Å²) in [7, 11) is 5.32. The van der Waals surface area contributed by atoms with Crippen LogP contribution in [0.5, 0.6) is 17.2 Å². The first-order valence-corrected chi connectivity index (χ1v) is 10.6. The van der Waals surface area contributed by atoms with Gasteiger partial charge in [0.25, 0.3) is 0 Å². The lowest BCUT2D eigenvalue weighted by Crippen LogP contribution is -2.16. The molecule has 5 rings (SSSR count). The monoisotopic (exact) mass is 423 g/mol. The van der Waals surface area contributed by atoms with Gasteiger partial charge in [-0.05, 0) is 47.5 Å². The number of hydrogen-bond acceptors (Lipinski definition) is 4. The maximum absolute atomic E-state index is 6.58. The standard InChI is InChI=1S/C28H25NO3/c1-29-24-11-5-4-10-21(24)18-14-15-22-23(17-18)28(19-8-6-9-20(16-19)30-2)32-26-13-7-12-25(31-3)27(22)26/h4-17,28-29H,1-3H3. The molecule has 0 aliphatic carbocycles. The molecule has 1 aliphatic heterocycles. The van der Waals surface area contributed by atoms with E-state index in [0.29, 0.717) is 0 Å². The Kier molecular flexibility index (Phi) is 5.20. The van der Waals surface area contributed by atoms with Crippen molar-refractivity contribution in [3.8, 4) is 39.5 Å². The van der Waals surface area contributed by atoms with Gasteiger partial charge in [-0.3, -0.25) is 0 Å². The Bertz CT molecular complexity index is 1280. The Balaban J connectivity index is 1.74. The van der Waals surface area contributed by atoms with E-state index in [0.717, 1.165) is 56.3 Å². The molecule has 4 heteroatoms. The van der Waals surface area contributed by atoms with Gasteiger partial charge in [0.2, 0.25) is 0 Å². The zero-order valence-corrected chi connectivity index (χ0v) is 18.4. The van der Waals surface area contributed by atoms with Crippen molar-refractivity contribution in [1.82, 2.24) is 0 Å². The molecule has 32 heavy (non-hydrogen) atoms. The zero-order chi connectivity index (χ0) is 22.1. The van der Waals surface area contributed by atoms with E-state index in [1.807, 2.05) is 49.5 Å². The average molecular weight is 424 g/mol. The van der Waals surface area contributed by atoms with Crippen molar-refractivity contribution < 1.29 is 14.2 Å². The van der Waals surface area contributed by atoms with Gasteiger partial charge >= 0.3 is 0 Å². The topological polar surface area (TPSA) is 39.7 Å². The second-order valence-electron chi connectivity index (χ2n) is 7.71. The molecule has 4 nitrogen and oxygen atoms in total. The van der Waals surface area contributed by atoms with Crippen molar-refractivity contribution in [3.05, 3.63) is 96.1 Å². The Morgan fingerprint density at radius 2 is 1.62 bits per heavy atom. The Labute approximate surface area is 188 Å². The van der Waals surface area contributed by atoms with Crippen LogP contribution in [0, 0.1) is 0 Å². The number of benzene rings is 4. The van der Waals surface area contributed by atoms with Gasteiger partial charge in [0.05, 0.1) is 19.8 Å². The van der Waals surface area contributed by atoms with Crippen LogP contribution in [-0.4, -0.2) is 21.3 Å². The van der Waals surface area contributed by atoms with Crippen LogP contribution in [0.1, 0.15) is 17.2 Å². The molecule has 1 aliphatic rings. The number of para-hydroxylation sites is 1. The molecule has 0 radical (unpaired) electrons. The molecule has 0 saturated heterocycles. The number of ether oxygens (including phenoxy) is 3. The summed E-state index contributed by atoms with van der Waals surface area (Å²) >= 11 is 0. The van der Waals surface area contributed by atoms with E-state index in [4.69, 9.17) is 14.2 Å². The molecule has 1 N–H and O–H groups in total. The molecule has 0 fully saturated rings. The number of nitrogens with one attached hydrogen (secondary N) is 1. The van der Waals surface area contributed by atoms with E-state index >= 15 is 0 Å². The largest absolute Gasteiger partial charge is 0.497 e. The van der Waals surface area contributed by atoms with Crippen molar-refractivity contribution >= 4 is 5.69 Å². The maximum Gasteiger partial charge on any atom is 0.150 e. The predicted octanol–water partition coefficient (Wildman–Crippen LogP) is 6.56. The molecular formula is C28H25NO3. The van der Waals surface area contributed by atoms with E-state index in [1.54, 1.807) is 14.2 Å². The first kappa shape index (κ1) is 20.0. The second kappa shape index (κ2) is 8.31. The number of methoxy groups -OCH3 is 2. The van der Waals surface area contributed by atoms with Crippen molar-refractivity contribution in [2.75, 3.05) is 26.6 Å². The molecule has 0 spiro atoms. The first-order valence-electron chi connectivity index (χ1n) is 10.6. The number of fused-ring (bicyclic) bond motifs is 3. The predicted molar refractivity (Wildman–Crippen MR) is 129 cm³/mol. The van der Waals surface area contributed by atoms with Gasteiger partial charge in [-0.1, -0.05) is 48.5 Å². The SMILES string of the molecule is CNc1ccccc1-c1ccc2c(c1)C(c1cccc(OC)c1)Oc1cccc(OC)c1-2. The summed E-state index contributed by atoms with van der Waals surface area (Å²) in [6.45, 7) is 0. The van der Waals surface area contributed by atoms with Gasteiger partial charge in [0.1, 0.15) is 23.4 Å². The quantitative estimate of drug-likeness (QED) is 0.394. The molecule has 160 valence electrons. The molecule has 1 unspecified atom stereocenters.